The lowest BCUT2D eigenvalue weighted by Crippen LogP contribution is -2.34. The molecule has 0 spiro atoms. The molecular formula is C12H12N4O2. The van der Waals surface area contributed by atoms with Crippen LogP contribution in [0.2, 0.25) is 0 Å². The molecule has 2 aromatic rings. The molecule has 1 aliphatic rings. The summed E-state index contributed by atoms with van der Waals surface area (Å²) in [6.07, 6.45) is 6.80. The third kappa shape index (κ3) is 1.71. The van der Waals surface area contributed by atoms with E-state index >= 15 is 0 Å². The van der Waals surface area contributed by atoms with E-state index in [1.807, 2.05) is 11.1 Å². The Balaban J connectivity index is 1.95. The maximum atomic E-state index is 11.2. The number of hydrogen-bond donors (Lipinski definition) is 1. The normalized spacial score (nSPS) is 14.3. The summed E-state index contributed by atoms with van der Waals surface area (Å²) in [5, 5.41) is 9.18. The summed E-state index contributed by atoms with van der Waals surface area (Å²) in [7, 11) is 0. The van der Waals surface area contributed by atoms with Gasteiger partial charge in [-0.2, -0.15) is 0 Å². The van der Waals surface area contributed by atoms with Crippen molar-refractivity contribution >= 4 is 11.7 Å². The Labute approximate surface area is 104 Å². The van der Waals surface area contributed by atoms with Gasteiger partial charge < -0.3 is 14.6 Å². The number of carboxylic acid groups (broad SMARTS) is 1. The lowest BCUT2D eigenvalue weighted by atomic mass is 10.2. The first kappa shape index (κ1) is 10.8. The second-order valence-corrected chi connectivity index (χ2v) is 4.16. The number of aromatic nitrogens is 3. The maximum absolute atomic E-state index is 11.2. The predicted octanol–water partition coefficient (Wildman–Crippen LogP) is 0.996. The zero-order chi connectivity index (χ0) is 12.5. The molecule has 0 saturated heterocycles. The number of carboxylic acids is 1. The molecule has 0 aliphatic carbocycles. The number of anilines is 1. The summed E-state index contributed by atoms with van der Waals surface area (Å²) in [6, 6.07) is 1.53. The third-order valence-electron chi connectivity index (χ3n) is 3.12. The molecule has 0 atom stereocenters. The minimum absolute atomic E-state index is 0.282. The van der Waals surface area contributed by atoms with Crippen molar-refractivity contribution in [2.75, 3.05) is 11.4 Å². The fourth-order valence-electron chi connectivity index (χ4n) is 2.20. The second-order valence-electron chi connectivity index (χ2n) is 4.16. The first-order valence-electron chi connectivity index (χ1n) is 5.68. The number of nitrogens with zero attached hydrogens (tertiary/aromatic N) is 4. The van der Waals surface area contributed by atoms with Gasteiger partial charge in [-0.15, -0.1) is 0 Å². The number of pyridine rings is 1. The molecule has 0 fully saturated rings. The van der Waals surface area contributed by atoms with Crippen LogP contribution in [0.4, 0.5) is 5.69 Å². The van der Waals surface area contributed by atoms with E-state index in [1.54, 1.807) is 12.4 Å². The average Bonchev–Trinajstić information content (AvgIpc) is 2.85. The highest BCUT2D eigenvalue weighted by atomic mass is 16.4. The third-order valence-corrected chi connectivity index (χ3v) is 3.12. The van der Waals surface area contributed by atoms with Crippen LogP contribution in [0.15, 0.2) is 30.9 Å². The highest BCUT2D eigenvalue weighted by Gasteiger charge is 2.21. The van der Waals surface area contributed by atoms with E-state index in [0.29, 0.717) is 12.2 Å². The summed E-state index contributed by atoms with van der Waals surface area (Å²) in [4.78, 5) is 21.5. The summed E-state index contributed by atoms with van der Waals surface area (Å²) in [5.74, 6) is 0.0164. The Morgan fingerprint density at radius 3 is 3.06 bits per heavy atom. The van der Waals surface area contributed by atoms with Crippen molar-refractivity contribution in [1.29, 1.82) is 0 Å². The zero-order valence-corrected chi connectivity index (χ0v) is 9.65. The van der Waals surface area contributed by atoms with Crippen LogP contribution in [0.5, 0.6) is 0 Å². The predicted molar refractivity (Wildman–Crippen MR) is 64.5 cm³/mol. The summed E-state index contributed by atoms with van der Waals surface area (Å²) < 4.78 is 2.08. The monoisotopic (exact) mass is 244 g/mol. The summed E-state index contributed by atoms with van der Waals surface area (Å²) in [5.41, 5.74) is 0.934. The fourth-order valence-corrected chi connectivity index (χ4v) is 2.20. The van der Waals surface area contributed by atoms with Gasteiger partial charge in [-0.1, -0.05) is 0 Å². The smallest absolute Gasteiger partial charge is 0.337 e. The van der Waals surface area contributed by atoms with E-state index in [0.717, 1.165) is 18.9 Å². The zero-order valence-electron chi connectivity index (χ0n) is 9.65. The van der Waals surface area contributed by atoms with Crippen molar-refractivity contribution in [3.63, 3.8) is 0 Å². The van der Waals surface area contributed by atoms with Gasteiger partial charge in [-0.25, -0.2) is 9.78 Å². The number of rotatable bonds is 2. The molecule has 1 aliphatic heterocycles. The van der Waals surface area contributed by atoms with Crippen LogP contribution in [-0.2, 0) is 13.1 Å². The van der Waals surface area contributed by atoms with Crippen LogP contribution in [0, 0.1) is 0 Å². The topological polar surface area (TPSA) is 71.2 Å². The van der Waals surface area contributed by atoms with Crippen molar-refractivity contribution in [3.05, 3.63) is 42.2 Å². The van der Waals surface area contributed by atoms with E-state index in [1.165, 1.54) is 12.3 Å². The maximum Gasteiger partial charge on any atom is 0.337 e. The minimum Gasteiger partial charge on any atom is -0.478 e. The molecule has 18 heavy (non-hydrogen) atoms. The number of carbonyl (C=O) groups is 1. The largest absolute Gasteiger partial charge is 0.478 e. The quantitative estimate of drug-likeness (QED) is 0.853. The van der Waals surface area contributed by atoms with Crippen LogP contribution < -0.4 is 4.90 Å². The number of hydrogen-bond acceptors (Lipinski definition) is 4. The Kier molecular flexibility index (Phi) is 2.47. The molecule has 0 radical (unpaired) electrons. The average molecular weight is 244 g/mol. The van der Waals surface area contributed by atoms with E-state index in [4.69, 9.17) is 0 Å². The molecule has 0 unspecified atom stereocenters. The van der Waals surface area contributed by atoms with Gasteiger partial charge in [0.2, 0.25) is 0 Å². The lowest BCUT2D eigenvalue weighted by molar-refractivity contribution is 0.0697. The number of aromatic carboxylic acids is 1. The van der Waals surface area contributed by atoms with E-state index < -0.39 is 5.97 Å². The molecular weight excluding hydrogens is 232 g/mol. The molecule has 0 bridgehead atoms. The number of fused-ring (bicyclic) bond motifs is 1. The molecule has 3 rings (SSSR count). The van der Waals surface area contributed by atoms with Crippen molar-refractivity contribution in [3.8, 4) is 0 Å². The highest BCUT2D eigenvalue weighted by Crippen LogP contribution is 2.23. The standard InChI is InChI=1S/C12H12N4O2/c17-12(18)9-1-2-13-7-10(9)16-6-5-15-4-3-14-11(15)8-16/h1-4,7H,5-6,8H2,(H,17,18). The van der Waals surface area contributed by atoms with Crippen molar-refractivity contribution in [2.45, 2.75) is 13.1 Å². The van der Waals surface area contributed by atoms with Crippen molar-refractivity contribution < 1.29 is 9.90 Å². The number of imidazole rings is 1. The Morgan fingerprint density at radius 2 is 2.22 bits per heavy atom. The van der Waals surface area contributed by atoms with Crippen LogP contribution in [0.1, 0.15) is 16.2 Å². The molecule has 0 saturated carbocycles. The summed E-state index contributed by atoms with van der Waals surface area (Å²) in [6.45, 7) is 2.18. The van der Waals surface area contributed by atoms with Crippen LogP contribution in [0.3, 0.4) is 0 Å². The minimum atomic E-state index is -0.929. The van der Waals surface area contributed by atoms with Crippen molar-refractivity contribution in [1.82, 2.24) is 14.5 Å². The lowest BCUT2D eigenvalue weighted by Gasteiger charge is -2.30. The molecule has 6 nitrogen and oxygen atoms in total. The molecule has 0 amide bonds. The van der Waals surface area contributed by atoms with Gasteiger partial charge in [-0.3, -0.25) is 4.98 Å². The van der Waals surface area contributed by atoms with Gasteiger partial charge in [0.05, 0.1) is 24.0 Å². The van der Waals surface area contributed by atoms with Crippen molar-refractivity contribution in [2.24, 2.45) is 0 Å². The van der Waals surface area contributed by atoms with Gasteiger partial charge >= 0.3 is 5.97 Å². The first-order chi connectivity index (χ1) is 8.75. The van der Waals surface area contributed by atoms with Crippen LogP contribution in [0.25, 0.3) is 0 Å². The van der Waals surface area contributed by atoms with Crippen LogP contribution in [-0.4, -0.2) is 32.2 Å². The fraction of sp³-hybridized carbons (Fsp3) is 0.250. The molecule has 92 valence electrons. The van der Waals surface area contributed by atoms with E-state index in [9.17, 15) is 9.90 Å². The molecule has 3 heterocycles. The first-order valence-corrected chi connectivity index (χ1v) is 5.68. The van der Waals surface area contributed by atoms with E-state index in [2.05, 4.69) is 14.5 Å². The molecule has 2 aromatic heterocycles. The SMILES string of the molecule is O=C(O)c1ccncc1N1CCn2ccnc2C1. The second kappa shape index (κ2) is 4.14. The Morgan fingerprint density at radius 1 is 1.33 bits per heavy atom. The van der Waals surface area contributed by atoms with Gasteiger partial charge in [0.1, 0.15) is 5.82 Å². The Hall–Kier alpha value is -2.37. The molecule has 6 heteroatoms. The highest BCUT2D eigenvalue weighted by molar-refractivity contribution is 5.94. The van der Waals surface area contributed by atoms with Gasteiger partial charge in [0.15, 0.2) is 0 Å². The van der Waals surface area contributed by atoms with E-state index in [-0.39, 0.29) is 5.56 Å². The van der Waals surface area contributed by atoms with Gasteiger partial charge in [0, 0.05) is 31.7 Å². The van der Waals surface area contributed by atoms with Gasteiger partial charge in [0.25, 0.3) is 0 Å². The van der Waals surface area contributed by atoms with Crippen LogP contribution >= 0.6 is 0 Å². The Bertz CT molecular complexity index is 593. The summed E-state index contributed by atoms with van der Waals surface area (Å²) >= 11 is 0. The molecule has 0 aromatic carbocycles. The van der Waals surface area contributed by atoms with Gasteiger partial charge in [-0.05, 0) is 6.07 Å². The molecule has 1 N–H and O–H groups in total.